The number of fused-ring (bicyclic) bond motifs is 1. The molecule has 0 atom stereocenters. The first-order valence-corrected chi connectivity index (χ1v) is 10.1. The van der Waals surface area contributed by atoms with E-state index in [1.54, 1.807) is 0 Å². The zero-order chi connectivity index (χ0) is 20.2. The fourth-order valence-corrected chi connectivity index (χ4v) is 3.69. The van der Waals surface area contributed by atoms with Crippen LogP contribution in [0, 0.1) is 0 Å². The first kappa shape index (κ1) is 19.3. The zero-order valence-corrected chi connectivity index (χ0v) is 17.0. The van der Waals surface area contributed by atoms with Crippen molar-refractivity contribution in [1.82, 2.24) is 19.4 Å². The van der Waals surface area contributed by atoms with Gasteiger partial charge in [-0.15, -0.1) is 0 Å². The summed E-state index contributed by atoms with van der Waals surface area (Å²) >= 11 is 0. The minimum Gasteiger partial charge on any atom is -0.492 e. The first-order chi connectivity index (χ1) is 14.2. The van der Waals surface area contributed by atoms with Crippen molar-refractivity contribution < 1.29 is 9.53 Å². The fraction of sp³-hybridized carbons (Fsp3) is 0.364. The van der Waals surface area contributed by atoms with E-state index >= 15 is 0 Å². The third-order valence-electron chi connectivity index (χ3n) is 5.33. The van der Waals surface area contributed by atoms with Crippen molar-refractivity contribution in [3.8, 4) is 5.75 Å². The molecule has 7 heteroatoms. The molecule has 7 nitrogen and oxygen atoms in total. The van der Waals surface area contributed by atoms with Gasteiger partial charge in [-0.2, -0.15) is 0 Å². The maximum absolute atomic E-state index is 12.7. The number of hydrogen-bond acceptors (Lipinski definition) is 4. The number of benzene rings is 2. The monoisotopic (exact) mass is 393 g/mol. The highest BCUT2D eigenvalue weighted by atomic mass is 16.5. The van der Waals surface area contributed by atoms with Gasteiger partial charge in [0.25, 0.3) is 0 Å². The highest BCUT2D eigenvalue weighted by Gasteiger charge is 2.23. The molecule has 0 saturated carbocycles. The van der Waals surface area contributed by atoms with Gasteiger partial charge in [0.1, 0.15) is 11.6 Å². The van der Waals surface area contributed by atoms with Crippen LogP contribution < -0.4 is 10.1 Å². The van der Waals surface area contributed by atoms with Gasteiger partial charge in [-0.05, 0) is 31.2 Å². The number of hydrogen-bond donors (Lipinski definition) is 1. The number of para-hydroxylation sites is 4. The van der Waals surface area contributed by atoms with Crippen LogP contribution in [-0.2, 0) is 13.6 Å². The third-order valence-corrected chi connectivity index (χ3v) is 5.33. The highest BCUT2D eigenvalue weighted by Crippen LogP contribution is 2.24. The molecule has 0 unspecified atom stereocenters. The predicted molar refractivity (Wildman–Crippen MR) is 114 cm³/mol. The number of aromatic nitrogens is 2. The molecule has 1 N–H and O–H groups in total. The molecule has 2 aromatic carbocycles. The lowest BCUT2D eigenvalue weighted by molar-refractivity contribution is 0.140. The second-order valence-corrected chi connectivity index (χ2v) is 7.20. The normalized spacial score (nSPS) is 14.9. The number of carbonyl (C=O) groups is 1. The molecule has 1 fully saturated rings. The number of amides is 2. The van der Waals surface area contributed by atoms with Gasteiger partial charge < -0.3 is 19.5 Å². The van der Waals surface area contributed by atoms with E-state index in [9.17, 15) is 4.79 Å². The molecule has 29 heavy (non-hydrogen) atoms. The highest BCUT2D eigenvalue weighted by molar-refractivity contribution is 5.91. The van der Waals surface area contributed by atoms with Crippen LogP contribution in [0.3, 0.4) is 0 Å². The van der Waals surface area contributed by atoms with E-state index < -0.39 is 0 Å². The maximum Gasteiger partial charge on any atom is 0.322 e. The minimum atomic E-state index is -0.0838. The quantitative estimate of drug-likeness (QED) is 0.722. The van der Waals surface area contributed by atoms with Gasteiger partial charge >= 0.3 is 6.03 Å². The van der Waals surface area contributed by atoms with Crippen molar-refractivity contribution in [3.63, 3.8) is 0 Å². The Kier molecular flexibility index (Phi) is 5.67. The molecular formula is C22H27N5O2. The van der Waals surface area contributed by atoms with E-state index in [2.05, 4.69) is 27.9 Å². The van der Waals surface area contributed by atoms with Gasteiger partial charge in [0, 0.05) is 33.2 Å². The topological polar surface area (TPSA) is 62.6 Å². The number of urea groups is 1. The summed E-state index contributed by atoms with van der Waals surface area (Å²) in [6.45, 7) is 6.30. The smallest absolute Gasteiger partial charge is 0.322 e. The van der Waals surface area contributed by atoms with Crippen LogP contribution in [0.5, 0.6) is 5.75 Å². The van der Waals surface area contributed by atoms with E-state index in [1.807, 2.05) is 54.3 Å². The summed E-state index contributed by atoms with van der Waals surface area (Å²) in [5.74, 6) is 1.75. The molecule has 3 aromatic rings. The lowest BCUT2D eigenvalue weighted by Gasteiger charge is -2.34. The Morgan fingerprint density at radius 1 is 1.07 bits per heavy atom. The Morgan fingerprint density at radius 3 is 2.55 bits per heavy atom. The number of anilines is 1. The molecule has 152 valence electrons. The number of nitrogens with zero attached hydrogens (tertiary/aromatic N) is 4. The van der Waals surface area contributed by atoms with Crippen molar-refractivity contribution in [1.29, 1.82) is 0 Å². The molecule has 4 rings (SSSR count). The molecule has 0 spiro atoms. The summed E-state index contributed by atoms with van der Waals surface area (Å²) in [4.78, 5) is 21.6. The van der Waals surface area contributed by atoms with E-state index in [-0.39, 0.29) is 6.03 Å². The van der Waals surface area contributed by atoms with Crippen molar-refractivity contribution in [2.75, 3.05) is 38.1 Å². The molecule has 1 aliphatic rings. The van der Waals surface area contributed by atoms with E-state index in [0.717, 1.165) is 36.5 Å². The maximum atomic E-state index is 12.7. The van der Waals surface area contributed by atoms with Gasteiger partial charge in [0.15, 0.2) is 0 Å². The lowest BCUT2D eigenvalue weighted by atomic mass is 10.3. The largest absolute Gasteiger partial charge is 0.492 e. The predicted octanol–water partition coefficient (Wildman–Crippen LogP) is 3.32. The molecule has 1 saturated heterocycles. The Hall–Kier alpha value is -3.06. The molecule has 0 bridgehead atoms. The molecule has 2 amide bonds. The van der Waals surface area contributed by atoms with Crippen LogP contribution in [0.4, 0.5) is 10.5 Å². The van der Waals surface area contributed by atoms with Crippen molar-refractivity contribution >= 4 is 22.8 Å². The third kappa shape index (κ3) is 4.19. The molecule has 0 aliphatic carbocycles. The van der Waals surface area contributed by atoms with Gasteiger partial charge in [-0.1, -0.05) is 24.3 Å². The summed E-state index contributed by atoms with van der Waals surface area (Å²) in [6.07, 6.45) is 0. The van der Waals surface area contributed by atoms with Gasteiger partial charge in [0.2, 0.25) is 0 Å². The van der Waals surface area contributed by atoms with E-state index in [0.29, 0.717) is 31.1 Å². The van der Waals surface area contributed by atoms with Crippen LogP contribution >= 0.6 is 0 Å². The molecule has 1 aliphatic heterocycles. The second kappa shape index (κ2) is 8.53. The van der Waals surface area contributed by atoms with Gasteiger partial charge in [0.05, 0.1) is 29.9 Å². The number of aryl methyl sites for hydroxylation is 1. The average molecular weight is 393 g/mol. The molecule has 0 radical (unpaired) electrons. The molecule has 2 heterocycles. The fourth-order valence-electron chi connectivity index (χ4n) is 3.69. The van der Waals surface area contributed by atoms with Crippen LogP contribution in [0.1, 0.15) is 12.7 Å². The molecule has 1 aromatic heterocycles. The van der Waals surface area contributed by atoms with Gasteiger partial charge in [-0.25, -0.2) is 9.78 Å². The first-order valence-electron chi connectivity index (χ1n) is 10.1. The van der Waals surface area contributed by atoms with Crippen molar-refractivity contribution in [2.45, 2.75) is 13.5 Å². The average Bonchev–Trinajstić information content (AvgIpc) is 3.06. The number of nitrogens with one attached hydrogen (secondary N) is 1. The summed E-state index contributed by atoms with van der Waals surface area (Å²) < 4.78 is 7.75. The van der Waals surface area contributed by atoms with Crippen LogP contribution in [0.25, 0.3) is 11.0 Å². The Balaban J connectivity index is 1.34. The number of imidazole rings is 1. The van der Waals surface area contributed by atoms with Crippen molar-refractivity contribution in [2.24, 2.45) is 7.05 Å². The van der Waals surface area contributed by atoms with E-state index in [1.165, 1.54) is 0 Å². The number of rotatable bonds is 5. The number of piperazine rings is 1. The number of carbonyl (C=O) groups excluding carboxylic acids is 1. The SMILES string of the molecule is CCOc1ccccc1NC(=O)N1CCN(Cc2nc3ccccc3n2C)CC1. The molecular weight excluding hydrogens is 366 g/mol. The lowest BCUT2D eigenvalue weighted by Crippen LogP contribution is -2.49. The summed E-state index contributed by atoms with van der Waals surface area (Å²) in [7, 11) is 2.06. The van der Waals surface area contributed by atoms with Gasteiger partial charge in [-0.3, -0.25) is 4.90 Å². The Bertz CT molecular complexity index is 992. The zero-order valence-electron chi connectivity index (χ0n) is 17.0. The summed E-state index contributed by atoms with van der Waals surface area (Å²) in [5.41, 5.74) is 2.88. The van der Waals surface area contributed by atoms with Crippen LogP contribution in [0.15, 0.2) is 48.5 Å². The Morgan fingerprint density at radius 2 is 1.79 bits per heavy atom. The minimum absolute atomic E-state index is 0.0838. The van der Waals surface area contributed by atoms with E-state index in [4.69, 9.17) is 9.72 Å². The second-order valence-electron chi connectivity index (χ2n) is 7.20. The summed E-state index contributed by atoms with van der Waals surface area (Å²) in [5, 5.41) is 2.98. The van der Waals surface area contributed by atoms with Crippen molar-refractivity contribution in [3.05, 3.63) is 54.4 Å². The van der Waals surface area contributed by atoms with Crippen LogP contribution in [0.2, 0.25) is 0 Å². The van der Waals surface area contributed by atoms with Crippen LogP contribution in [-0.4, -0.2) is 58.2 Å². The number of ether oxygens (including phenoxy) is 1. The summed E-state index contributed by atoms with van der Waals surface area (Å²) in [6, 6.07) is 15.6. The standard InChI is InChI=1S/C22H27N5O2/c1-3-29-20-11-7-5-9-18(20)24-22(28)27-14-12-26(13-15-27)16-21-23-17-8-4-6-10-19(17)25(21)2/h4-11H,3,12-16H2,1-2H3,(H,24,28). The Labute approximate surface area is 170 Å².